The van der Waals surface area contributed by atoms with Crippen molar-refractivity contribution in [2.75, 3.05) is 0 Å². The Morgan fingerprint density at radius 1 is 1.09 bits per heavy atom. The van der Waals surface area contributed by atoms with Gasteiger partial charge in [-0.05, 0) is 55.3 Å². The summed E-state index contributed by atoms with van der Waals surface area (Å²) in [5.41, 5.74) is 3.88. The van der Waals surface area contributed by atoms with Crippen LogP contribution in [0.25, 0.3) is 17.0 Å². The van der Waals surface area contributed by atoms with Gasteiger partial charge >= 0.3 is 0 Å². The summed E-state index contributed by atoms with van der Waals surface area (Å²) in [4.78, 5) is 12.2. The van der Waals surface area contributed by atoms with Crippen molar-refractivity contribution < 1.29 is 9.21 Å². The van der Waals surface area contributed by atoms with Gasteiger partial charge in [0.15, 0.2) is 5.76 Å². The van der Waals surface area contributed by atoms with Crippen molar-refractivity contribution in [1.82, 2.24) is 0 Å². The van der Waals surface area contributed by atoms with Gasteiger partial charge in [0.05, 0.1) is 0 Å². The van der Waals surface area contributed by atoms with E-state index in [1.54, 1.807) is 24.3 Å². The number of furan rings is 1. The summed E-state index contributed by atoms with van der Waals surface area (Å²) in [7, 11) is 0. The molecule has 22 heavy (non-hydrogen) atoms. The first-order valence-corrected chi connectivity index (χ1v) is 7.39. The van der Waals surface area contributed by atoms with Crippen molar-refractivity contribution in [3.8, 4) is 0 Å². The van der Waals surface area contributed by atoms with E-state index >= 15 is 0 Å². The SMILES string of the molecule is Cc1cc(C)c2oc(C(=O)C=Cc3ccc(Cl)cc3)cc2c1. The van der Waals surface area contributed by atoms with Crippen LogP contribution in [0, 0.1) is 13.8 Å². The van der Waals surface area contributed by atoms with Crippen LogP contribution in [0.2, 0.25) is 5.02 Å². The fourth-order valence-corrected chi connectivity index (χ4v) is 2.59. The van der Waals surface area contributed by atoms with Gasteiger partial charge in [-0.2, -0.15) is 0 Å². The Kier molecular flexibility index (Phi) is 3.86. The Morgan fingerprint density at radius 2 is 1.82 bits per heavy atom. The van der Waals surface area contributed by atoms with Crippen LogP contribution in [0.15, 0.2) is 53.0 Å². The normalized spacial score (nSPS) is 11.4. The topological polar surface area (TPSA) is 30.2 Å². The summed E-state index contributed by atoms with van der Waals surface area (Å²) < 4.78 is 5.70. The highest BCUT2D eigenvalue weighted by atomic mass is 35.5. The van der Waals surface area contributed by atoms with Gasteiger partial charge in [0.2, 0.25) is 5.78 Å². The van der Waals surface area contributed by atoms with Crippen LogP contribution in [0.3, 0.4) is 0 Å². The largest absolute Gasteiger partial charge is 0.452 e. The number of fused-ring (bicyclic) bond motifs is 1. The number of allylic oxidation sites excluding steroid dienone is 1. The van der Waals surface area contributed by atoms with Crippen LogP contribution >= 0.6 is 11.6 Å². The molecule has 0 aliphatic heterocycles. The number of hydrogen-bond donors (Lipinski definition) is 0. The van der Waals surface area contributed by atoms with E-state index in [0.717, 1.165) is 27.7 Å². The van der Waals surface area contributed by atoms with Gasteiger partial charge in [-0.3, -0.25) is 4.79 Å². The van der Waals surface area contributed by atoms with Gasteiger partial charge in [-0.1, -0.05) is 41.4 Å². The van der Waals surface area contributed by atoms with Gasteiger partial charge in [0.1, 0.15) is 5.58 Å². The second kappa shape index (κ2) is 5.82. The molecular formula is C19H15ClO2. The number of benzene rings is 2. The van der Waals surface area contributed by atoms with Crippen molar-refractivity contribution in [2.24, 2.45) is 0 Å². The Morgan fingerprint density at radius 3 is 2.55 bits per heavy atom. The van der Waals surface area contributed by atoms with Crippen molar-refractivity contribution in [3.63, 3.8) is 0 Å². The van der Waals surface area contributed by atoms with Crippen molar-refractivity contribution in [2.45, 2.75) is 13.8 Å². The van der Waals surface area contributed by atoms with E-state index in [2.05, 4.69) is 0 Å². The highest BCUT2D eigenvalue weighted by Crippen LogP contribution is 2.25. The molecule has 0 N–H and O–H groups in total. The summed E-state index contributed by atoms with van der Waals surface area (Å²) in [5, 5.41) is 1.63. The lowest BCUT2D eigenvalue weighted by Crippen LogP contribution is -1.90. The summed E-state index contributed by atoms with van der Waals surface area (Å²) >= 11 is 5.84. The highest BCUT2D eigenvalue weighted by Gasteiger charge is 2.11. The molecule has 3 aromatic rings. The average molecular weight is 311 g/mol. The van der Waals surface area contributed by atoms with Gasteiger partial charge in [0.25, 0.3) is 0 Å². The smallest absolute Gasteiger partial charge is 0.221 e. The first-order chi connectivity index (χ1) is 10.5. The minimum atomic E-state index is -0.150. The monoisotopic (exact) mass is 310 g/mol. The van der Waals surface area contributed by atoms with Gasteiger partial charge < -0.3 is 4.42 Å². The van der Waals surface area contributed by atoms with Crippen molar-refractivity contribution >= 4 is 34.4 Å². The molecule has 3 heteroatoms. The summed E-state index contributed by atoms with van der Waals surface area (Å²) in [6, 6.07) is 13.2. The van der Waals surface area contributed by atoms with E-state index in [4.69, 9.17) is 16.0 Å². The van der Waals surface area contributed by atoms with E-state index in [0.29, 0.717) is 10.8 Å². The molecule has 110 valence electrons. The predicted molar refractivity (Wildman–Crippen MR) is 90.5 cm³/mol. The molecule has 0 saturated heterocycles. The Labute approximate surface area is 134 Å². The van der Waals surface area contributed by atoms with E-state index in [1.165, 1.54) is 6.08 Å². The number of aryl methyl sites for hydroxylation is 2. The van der Waals surface area contributed by atoms with E-state index < -0.39 is 0 Å². The zero-order chi connectivity index (χ0) is 15.7. The molecule has 2 nitrogen and oxygen atoms in total. The molecule has 0 aliphatic carbocycles. The number of carbonyl (C=O) groups is 1. The van der Waals surface area contributed by atoms with Crippen molar-refractivity contribution in [1.29, 1.82) is 0 Å². The maximum atomic E-state index is 12.2. The maximum absolute atomic E-state index is 12.2. The fourth-order valence-electron chi connectivity index (χ4n) is 2.46. The predicted octanol–water partition coefficient (Wildman–Crippen LogP) is 5.60. The molecule has 0 unspecified atom stereocenters. The highest BCUT2D eigenvalue weighted by molar-refractivity contribution is 6.30. The zero-order valence-corrected chi connectivity index (χ0v) is 13.1. The van der Waals surface area contributed by atoms with Crippen molar-refractivity contribution in [3.05, 3.63) is 76.0 Å². The quantitative estimate of drug-likeness (QED) is 0.465. The van der Waals surface area contributed by atoms with Crippen LogP contribution in [0.4, 0.5) is 0 Å². The molecule has 0 radical (unpaired) electrons. The van der Waals surface area contributed by atoms with Gasteiger partial charge in [0, 0.05) is 10.4 Å². The standard InChI is InChI=1S/C19H15ClO2/c1-12-9-13(2)19-15(10-12)11-18(22-19)17(21)8-5-14-3-6-16(20)7-4-14/h3-11H,1-2H3. The Bertz CT molecular complexity index is 870. The molecule has 2 aromatic carbocycles. The first-order valence-electron chi connectivity index (χ1n) is 7.02. The molecule has 1 aromatic heterocycles. The van der Waals surface area contributed by atoms with Crippen LogP contribution in [-0.4, -0.2) is 5.78 Å². The van der Waals surface area contributed by atoms with Gasteiger partial charge in [-0.25, -0.2) is 0 Å². The van der Waals surface area contributed by atoms with E-state index in [1.807, 2.05) is 38.1 Å². The van der Waals surface area contributed by atoms with Crippen LogP contribution in [0.1, 0.15) is 27.2 Å². The number of hydrogen-bond acceptors (Lipinski definition) is 2. The molecular weight excluding hydrogens is 296 g/mol. The third kappa shape index (κ3) is 2.97. The number of carbonyl (C=O) groups excluding carboxylic acids is 1. The van der Waals surface area contributed by atoms with Crippen LogP contribution in [0.5, 0.6) is 0 Å². The Balaban J connectivity index is 1.89. The third-order valence-corrected chi connectivity index (χ3v) is 3.74. The zero-order valence-electron chi connectivity index (χ0n) is 12.4. The summed E-state index contributed by atoms with van der Waals surface area (Å²) in [5.74, 6) is 0.206. The lowest BCUT2D eigenvalue weighted by atomic mass is 10.1. The molecule has 0 aliphatic rings. The first kappa shape index (κ1) is 14.6. The number of halogens is 1. The third-order valence-electron chi connectivity index (χ3n) is 3.49. The molecule has 0 amide bonds. The lowest BCUT2D eigenvalue weighted by Gasteiger charge is -1.96. The maximum Gasteiger partial charge on any atom is 0.221 e. The van der Waals surface area contributed by atoms with Gasteiger partial charge in [-0.15, -0.1) is 0 Å². The number of ketones is 1. The van der Waals surface area contributed by atoms with E-state index in [-0.39, 0.29) is 5.78 Å². The minimum absolute atomic E-state index is 0.150. The molecule has 0 saturated carbocycles. The second-order valence-corrected chi connectivity index (χ2v) is 5.80. The second-order valence-electron chi connectivity index (χ2n) is 5.36. The average Bonchev–Trinajstić information content (AvgIpc) is 2.90. The lowest BCUT2D eigenvalue weighted by molar-refractivity contribution is 0.102. The molecule has 1 heterocycles. The number of rotatable bonds is 3. The van der Waals surface area contributed by atoms with E-state index in [9.17, 15) is 4.79 Å². The minimum Gasteiger partial charge on any atom is -0.452 e. The summed E-state index contributed by atoms with van der Waals surface area (Å²) in [6.07, 6.45) is 3.27. The Hall–Kier alpha value is -2.32. The molecule has 3 rings (SSSR count). The molecule has 0 atom stereocenters. The fraction of sp³-hybridized carbons (Fsp3) is 0.105. The molecule has 0 bridgehead atoms. The molecule has 0 spiro atoms. The van der Waals surface area contributed by atoms with Crippen LogP contribution in [-0.2, 0) is 0 Å². The molecule has 0 fully saturated rings. The van der Waals surface area contributed by atoms with Crippen LogP contribution < -0.4 is 0 Å². The summed E-state index contributed by atoms with van der Waals surface area (Å²) in [6.45, 7) is 4.01.